The van der Waals surface area contributed by atoms with Gasteiger partial charge in [0.1, 0.15) is 5.82 Å². The summed E-state index contributed by atoms with van der Waals surface area (Å²) < 4.78 is 43.9. The Balaban J connectivity index is 2.07. The lowest BCUT2D eigenvalue weighted by molar-refractivity contribution is 0.483. The van der Waals surface area contributed by atoms with Crippen molar-refractivity contribution in [2.45, 2.75) is 11.4 Å². The molecule has 2 aromatic rings. The van der Waals surface area contributed by atoms with E-state index in [0.29, 0.717) is 11.3 Å². The zero-order chi connectivity index (χ0) is 13.9. The first-order chi connectivity index (χ1) is 8.97. The van der Waals surface area contributed by atoms with Gasteiger partial charge in [0.15, 0.2) is 0 Å². The highest BCUT2D eigenvalue weighted by molar-refractivity contribution is 7.85. The van der Waals surface area contributed by atoms with Crippen LogP contribution in [0.3, 0.4) is 0 Å². The minimum absolute atomic E-state index is 0.177. The van der Waals surface area contributed by atoms with Crippen LogP contribution in [0.1, 0.15) is 5.56 Å². The molecule has 0 atom stereocenters. The van der Waals surface area contributed by atoms with Gasteiger partial charge < -0.3 is 5.32 Å². The molecule has 0 bridgehead atoms. The molecule has 0 saturated heterocycles. The van der Waals surface area contributed by atoms with Crippen molar-refractivity contribution in [1.29, 1.82) is 0 Å². The highest BCUT2D eigenvalue weighted by atomic mass is 32.2. The van der Waals surface area contributed by atoms with Gasteiger partial charge in [0.25, 0.3) is 10.1 Å². The number of hydrogen-bond acceptors (Lipinski definition) is 3. The first-order valence-corrected chi connectivity index (χ1v) is 6.95. The van der Waals surface area contributed by atoms with Crippen LogP contribution in [-0.4, -0.2) is 13.0 Å². The van der Waals surface area contributed by atoms with Crippen LogP contribution in [0.2, 0.25) is 0 Å². The summed E-state index contributed by atoms with van der Waals surface area (Å²) in [5, 5.41) is 2.96. The van der Waals surface area contributed by atoms with E-state index in [0.717, 1.165) is 0 Å². The summed E-state index contributed by atoms with van der Waals surface area (Å²) in [7, 11) is -4.18. The lowest BCUT2D eigenvalue weighted by atomic mass is 10.2. The molecule has 100 valence electrons. The van der Waals surface area contributed by atoms with E-state index in [2.05, 4.69) is 5.32 Å². The lowest BCUT2D eigenvalue weighted by Gasteiger charge is -2.07. The van der Waals surface area contributed by atoms with Crippen molar-refractivity contribution in [3.8, 4) is 0 Å². The Kier molecular flexibility index (Phi) is 3.82. The van der Waals surface area contributed by atoms with Crippen molar-refractivity contribution in [1.82, 2.24) is 0 Å². The summed E-state index contributed by atoms with van der Waals surface area (Å²) in [6, 6.07) is 11.9. The van der Waals surface area contributed by atoms with Gasteiger partial charge in [-0.2, -0.15) is 8.42 Å². The Bertz CT molecular complexity index is 669. The zero-order valence-electron chi connectivity index (χ0n) is 9.88. The molecule has 0 saturated carbocycles. The van der Waals surface area contributed by atoms with Gasteiger partial charge in [-0.15, -0.1) is 0 Å². The van der Waals surface area contributed by atoms with Gasteiger partial charge >= 0.3 is 0 Å². The third-order valence-electron chi connectivity index (χ3n) is 2.59. The van der Waals surface area contributed by atoms with Crippen LogP contribution in [0.4, 0.5) is 10.1 Å². The molecule has 0 aromatic heterocycles. The number of anilines is 1. The van der Waals surface area contributed by atoms with Crippen LogP contribution in [0.5, 0.6) is 0 Å². The molecule has 0 spiro atoms. The van der Waals surface area contributed by atoms with Crippen molar-refractivity contribution in [3.05, 3.63) is 59.9 Å². The van der Waals surface area contributed by atoms with Crippen molar-refractivity contribution in [2.75, 3.05) is 5.32 Å². The quantitative estimate of drug-likeness (QED) is 0.846. The monoisotopic (exact) mass is 281 g/mol. The fourth-order valence-corrected chi connectivity index (χ4v) is 2.06. The zero-order valence-corrected chi connectivity index (χ0v) is 10.7. The minimum Gasteiger partial charge on any atom is -0.381 e. The maximum absolute atomic E-state index is 13.4. The van der Waals surface area contributed by atoms with Crippen LogP contribution in [-0.2, 0) is 16.7 Å². The molecule has 0 unspecified atom stereocenters. The fourth-order valence-electron chi connectivity index (χ4n) is 1.58. The molecule has 0 heterocycles. The molecule has 0 amide bonds. The Labute approximate surface area is 110 Å². The summed E-state index contributed by atoms with van der Waals surface area (Å²) in [4.78, 5) is -0.177. The Morgan fingerprint density at radius 3 is 2.26 bits per heavy atom. The summed E-state index contributed by atoms with van der Waals surface area (Å²) in [5.74, 6) is -0.301. The van der Waals surface area contributed by atoms with E-state index in [1.807, 2.05) is 0 Å². The second-order valence-corrected chi connectivity index (χ2v) is 5.37. The first kappa shape index (κ1) is 13.5. The third-order valence-corrected chi connectivity index (χ3v) is 3.46. The van der Waals surface area contributed by atoms with E-state index in [1.54, 1.807) is 18.2 Å². The van der Waals surface area contributed by atoms with Gasteiger partial charge in [-0.1, -0.05) is 18.2 Å². The van der Waals surface area contributed by atoms with Crippen molar-refractivity contribution in [3.63, 3.8) is 0 Å². The van der Waals surface area contributed by atoms with E-state index in [4.69, 9.17) is 4.55 Å². The SMILES string of the molecule is O=S(=O)(O)c1ccc(NCc2ccccc2F)cc1. The summed E-state index contributed by atoms with van der Waals surface area (Å²) in [6.07, 6.45) is 0. The van der Waals surface area contributed by atoms with Gasteiger partial charge in [-0.3, -0.25) is 4.55 Å². The van der Waals surface area contributed by atoms with E-state index in [9.17, 15) is 12.8 Å². The van der Waals surface area contributed by atoms with Crippen molar-refractivity contribution >= 4 is 15.8 Å². The first-order valence-electron chi connectivity index (χ1n) is 5.51. The predicted octanol–water partition coefficient (Wildman–Crippen LogP) is 2.68. The largest absolute Gasteiger partial charge is 0.381 e. The van der Waals surface area contributed by atoms with E-state index >= 15 is 0 Å². The lowest BCUT2D eigenvalue weighted by Crippen LogP contribution is -2.02. The second-order valence-electron chi connectivity index (χ2n) is 3.94. The number of benzene rings is 2. The van der Waals surface area contributed by atoms with Crippen molar-refractivity contribution < 1.29 is 17.4 Å². The molecule has 6 heteroatoms. The maximum Gasteiger partial charge on any atom is 0.294 e. The second kappa shape index (κ2) is 5.38. The molecule has 2 N–H and O–H groups in total. The van der Waals surface area contributed by atoms with Crippen LogP contribution in [0, 0.1) is 5.82 Å². The topological polar surface area (TPSA) is 66.4 Å². The highest BCUT2D eigenvalue weighted by Crippen LogP contribution is 2.15. The van der Waals surface area contributed by atoms with Crippen molar-refractivity contribution in [2.24, 2.45) is 0 Å². The number of hydrogen-bond donors (Lipinski definition) is 2. The average molecular weight is 281 g/mol. The Morgan fingerprint density at radius 2 is 1.68 bits per heavy atom. The third kappa shape index (κ3) is 3.52. The molecule has 2 rings (SSSR count). The van der Waals surface area contributed by atoms with Gasteiger partial charge in [-0.05, 0) is 30.3 Å². The number of rotatable bonds is 4. The fraction of sp³-hybridized carbons (Fsp3) is 0.0769. The van der Waals surface area contributed by atoms with Crippen LogP contribution >= 0.6 is 0 Å². The molecule has 4 nitrogen and oxygen atoms in total. The summed E-state index contributed by atoms with van der Waals surface area (Å²) >= 11 is 0. The number of halogens is 1. The Hall–Kier alpha value is -1.92. The molecular formula is C13H12FNO3S. The Morgan fingerprint density at radius 1 is 1.05 bits per heavy atom. The molecule has 2 aromatic carbocycles. The standard InChI is InChI=1S/C13H12FNO3S/c14-13-4-2-1-3-10(13)9-15-11-5-7-12(8-6-11)19(16,17)18/h1-8,15H,9H2,(H,16,17,18). The van der Waals surface area contributed by atoms with Gasteiger partial charge in [-0.25, -0.2) is 4.39 Å². The van der Waals surface area contributed by atoms with Crippen LogP contribution in [0.15, 0.2) is 53.4 Å². The molecule has 0 aliphatic carbocycles. The van der Waals surface area contributed by atoms with Gasteiger partial charge in [0.05, 0.1) is 4.90 Å². The predicted molar refractivity (Wildman–Crippen MR) is 70.0 cm³/mol. The van der Waals surface area contributed by atoms with E-state index in [1.165, 1.54) is 30.3 Å². The molecular weight excluding hydrogens is 269 g/mol. The molecule has 19 heavy (non-hydrogen) atoms. The normalized spacial score (nSPS) is 11.3. The number of nitrogens with one attached hydrogen (secondary N) is 1. The summed E-state index contributed by atoms with van der Waals surface area (Å²) in [6.45, 7) is 0.290. The molecule has 0 fully saturated rings. The molecule has 0 aliphatic rings. The minimum atomic E-state index is -4.18. The van der Waals surface area contributed by atoms with Gasteiger partial charge in [0.2, 0.25) is 0 Å². The smallest absolute Gasteiger partial charge is 0.294 e. The average Bonchev–Trinajstić information content (AvgIpc) is 2.37. The van der Waals surface area contributed by atoms with E-state index < -0.39 is 10.1 Å². The summed E-state index contributed by atoms with van der Waals surface area (Å²) in [5.41, 5.74) is 1.15. The maximum atomic E-state index is 13.4. The molecule has 0 aliphatic heterocycles. The molecule has 0 radical (unpaired) electrons. The highest BCUT2D eigenvalue weighted by Gasteiger charge is 2.08. The van der Waals surface area contributed by atoms with E-state index in [-0.39, 0.29) is 17.3 Å². The van der Waals surface area contributed by atoms with Gasteiger partial charge in [0, 0.05) is 17.8 Å². The van der Waals surface area contributed by atoms with Crippen LogP contribution in [0.25, 0.3) is 0 Å². The van der Waals surface area contributed by atoms with Crippen LogP contribution < -0.4 is 5.32 Å².